The average Bonchev–Trinajstić information content (AvgIpc) is 2.71. The van der Waals surface area contributed by atoms with Gasteiger partial charge in [-0.1, -0.05) is 18.2 Å². The lowest BCUT2D eigenvalue weighted by atomic mass is 10.0. The number of ether oxygens (including phenoxy) is 2. The second kappa shape index (κ2) is 8.47. The molecule has 1 N–H and O–H groups in total. The van der Waals surface area contributed by atoms with Crippen molar-refractivity contribution in [2.24, 2.45) is 0 Å². The van der Waals surface area contributed by atoms with Gasteiger partial charge in [0.05, 0.1) is 18.7 Å². The van der Waals surface area contributed by atoms with Crippen molar-refractivity contribution in [3.63, 3.8) is 0 Å². The number of amides is 1. The number of alkyl halides is 3. The van der Waals surface area contributed by atoms with Crippen LogP contribution in [0.3, 0.4) is 0 Å². The summed E-state index contributed by atoms with van der Waals surface area (Å²) in [6.07, 6.45) is -3.21. The lowest BCUT2D eigenvalue weighted by Crippen LogP contribution is -2.48. The van der Waals surface area contributed by atoms with Crippen LogP contribution in [0.25, 0.3) is 0 Å². The minimum Gasteiger partial charge on any atom is -0.496 e. The summed E-state index contributed by atoms with van der Waals surface area (Å²) in [6.45, 7) is 0.249. The van der Waals surface area contributed by atoms with Crippen LogP contribution < -0.4 is 14.8 Å². The molecule has 1 unspecified atom stereocenters. The predicted octanol–water partition coefficient (Wildman–Crippen LogP) is 2.82. The molecule has 1 aliphatic rings. The minimum absolute atomic E-state index is 0.185. The number of hydrogen-bond acceptors (Lipinski definition) is 5. The van der Waals surface area contributed by atoms with Gasteiger partial charge in [-0.15, -0.1) is 0 Å². The van der Waals surface area contributed by atoms with Crippen LogP contribution in [0.1, 0.15) is 22.0 Å². The van der Waals surface area contributed by atoms with E-state index in [0.29, 0.717) is 25.4 Å². The van der Waals surface area contributed by atoms with E-state index in [0.717, 1.165) is 5.56 Å². The first-order chi connectivity index (χ1) is 13.4. The summed E-state index contributed by atoms with van der Waals surface area (Å²) in [5.41, 5.74) is 1.16. The van der Waals surface area contributed by atoms with Crippen LogP contribution in [0.2, 0.25) is 0 Å². The van der Waals surface area contributed by atoms with Gasteiger partial charge in [0.2, 0.25) is 5.88 Å². The Labute approximate surface area is 160 Å². The maximum Gasteiger partial charge on any atom is 0.422 e. The molecule has 0 spiro atoms. The highest BCUT2D eigenvalue weighted by molar-refractivity contribution is 5.94. The Balaban J connectivity index is 1.78. The van der Waals surface area contributed by atoms with E-state index < -0.39 is 12.8 Å². The van der Waals surface area contributed by atoms with Gasteiger partial charge < -0.3 is 19.7 Å². The lowest BCUT2D eigenvalue weighted by molar-refractivity contribution is -0.154. The van der Waals surface area contributed by atoms with E-state index in [4.69, 9.17) is 4.74 Å². The summed E-state index contributed by atoms with van der Waals surface area (Å²) in [5, 5.41) is 3.27. The average molecular weight is 395 g/mol. The standard InChI is InChI=1S/C19H20F3N3O3/c1-27-16-5-3-2-4-14(16)15-11-23-8-9-25(15)18(26)13-6-7-17(24-10-13)28-12-19(20,21)22/h2-7,10,15,23H,8-9,11-12H2,1H3. The monoisotopic (exact) mass is 395 g/mol. The van der Waals surface area contributed by atoms with Gasteiger partial charge in [0, 0.05) is 37.5 Å². The van der Waals surface area contributed by atoms with Gasteiger partial charge in [-0.2, -0.15) is 13.2 Å². The highest BCUT2D eigenvalue weighted by Crippen LogP contribution is 2.31. The molecular weight excluding hydrogens is 375 g/mol. The first-order valence-electron chi connectivity index (χ1n) is 8.69. The zero-order valence-corrected chi connectivity index (χ0v) is 15.2. The first-order valence-corrected chi connectivity index (χ1v) is 8.69. The van der Waals surface area contributed by atoms with E-state index in [9.17, 15) is 18.0 Å². The molecule has 1 aromatic carbocycles. The number of hydrogen-bond donors (Lipinski definition) is 1. The number of carbonyl (C=O) groups excluding carboxylic acids is 1. The Morgan fingerprint density at radius 2 is 2.07 bits per heavy atom. The minimum atomic E-state index is -4.45. The van der Waals surface area contributed by atoms with Crippen molar-refractivity contribution in [2.75, 3.05) is 33.4 Å². The quantitative estimate of drug-likeness (QED) is 0.844. The van der Waals surface area contributed by atoms with Crippen LogP contribution in [0, 0.1) is 0 Å². The molecule has 0 bridgehead atoms. The van der Waals surface area contributed by atoms with Crippen LogP contribution in [-0.4, -0.2) is 55.3 Å². The van der Waals surface area contributed by atoms with Gasteiger partial charge in [0.1, 0.15) is 5.75 Å². The van der Waals surface area contributed by atoms with Crippen molar-refractivity contribution in [3.8, 4) is 11.6 Å². The normalized spacial score (nSPS) is 17.3. The Hall–Kier alpha value is -2.81. The Morgan fingerprint density at radius 3 is 2.75 bits per heavy atom. The lowest BCUT2D eigenvalue weighted by Gasteiger charge is -2.37. The SMILES string of the molecule is COc1ccccc1C1CNCCN1C(=O)c1ccc(OCC(F)(F)F)nc1. The number of nitrogens with one attached hydrogen (secondary N) is 1. The van der Waals surface area contributed by atoms with Crippen molar-refractivity contribution < 1.29 is 27.4 Å². The Morgan fingerprint density at radius 1 is 1.29 bits per heavy atom. The fourth-order valence-electron chi connectivity index (χ4n) is 3.08. The number of nitrogens with zero attached hydrogens (tertiary/aromatic N) is 2. The van der Waals surface area contributed by atoms with Crippen LogP contribution in [-0.2, 0) is 0 Å². The van der Waals surface area contributed by atoms with Crippen LogP contribution in [0.4, 0.5) is 13.2 Å². The number of benzene rings is 1. The summed E-state index contributed by atoms with van der Waals surface area (Å²) in [5.74, 6) is 0.241. The molecule has 0 saturated carbocycles. The number of rotatable bonds is 5. The second-order valence-corrected chi connectivity index (χ2v) is 6.25. The Bertz CT molecular complexity index is 812. The van der Waals surface area contributed by atoms with E-state index >= 15 is 0 Å². The second-order valence-electron chi connectivity index (χ2n) is 6.25. The van der Waals surface area contributed by atoms with Crippen molar-refractivity contribution in [3.05, 3.63) is 53.7 Å². The zero-order chi connectivity index (χ0) is 20.1. The summed E-state index contributed by atoms with van der Waals surface area (Å²) in [6, 6.07) is 9.92. The number of piperazine rings is 1. The number of pyridine rings is 1. The first kappa shape index (κ1) is 19.9. The molecule has 0 radical (unpaired) electrons. The molecule has 28 heavy (non-hydrogen) atoms. The highest BCUT2D eigenvalue weighted by Gasteiger charge is 2.31. The van der Waals surface area contributed by atoms with E-state index in [1.54, 1.807) is 12.0 Å². The predicted molar refractivity (Wildman–Crippen MR) is 95.4 cm³/mol. The number of carbonyl (C=O) groups is 1. The van der Waals surface area contributed by atoms with E-state index in [1.807, 2.05) is 24.3 Å². The van der Waals surface area contributed by atoms with E-state index in [1.165, 1.54) is 18.3 Å². The highest BCUT2D eigenvalue weighted by atomic mass is 19.4. The number of methoxy groups -OCH3 is 1. The molecule has 1 aromatic heterocycles. The van der Waals surface area contributed by atoms with Crippen molar-refractivity contribution >= 4 is 5.91 Å². The molecule has 1 amide bonds. The molecule has 0 aliphatic carbocycles. The topological polar surface area (TPSA) is 63.7 Å². The summed E-state index contributed by atoms with van der Waals surface area (Å²) >= 11 is 0. The molecule has 1 fully saturated rings. The molecular formula is C19H20F3N3O3. The van der Waals surface area contributed by atoms with Crippen molar-refractivity contribution in [2.45, 2.75) is 12.2 Å². The molecule has 9 heteroatoms. The van der Waals surface area contributed by atoms with Gasteiger partial charge in [-0.3, -0.25) is 4.79 Å². The van der Waals surface area contributed by atoms with E-state index in [-0.39, 0.29) is 23.4 Å². The third kappa shape index (κ3) is 4.72. The largest absolute Gasteiger partial charge is 0.496 e. The summed E-state index contributed by atoms with van der Waals surface area (Å²) < 4.78 is 46.7. The summed E-state index contributed by atoms with van der Waals surface area (Å²) in [7, 11) is 1.57. The Kier molecular flexibility index (Phi) is 6.03. The molecule has 1 aliphatic heterocycles. The van der Waals surface area contributed by atoms with Crippen LogP contribution in [0.5, 0.6) is 11.6 Å². The van der Waals surface area contributed by atoms with Crippen molar-refractivity contribution in [1.29, 1.82) is 0 Å². The number of aromatic nitrogens is 1. The smallest absolute Gasteiger partial charge is 0.422 e. The molecule has 1 atom stereocenters. The fourth-order valence-corrected chi connectivity index (χ4v) is 3.08. The molecule has 2 aromatic rings. The third-order valence-electron chi connectivity index (χ3n) is 4.37. The summed E-state index contributed by atoms with van der Waals surface area (Å²) in [4.78, 5) is 18.5. The molecule has 1 saturated heterocycles. The maximum absolute atomic E-state index is 13.0. The van der Waals surface area contributed by atoms with Gasteiger partial charge in [0.25, 0.3) is 5.91 Å². The molecule has 6 nitrogen and oxygen atoms in total. The third-order valence-corrected chi connectivity index (χ3v) is 4.37. The molecule has 3 rings (SSSR count). The van der Waals surface area contributed by atoms with E-state index in [2.05, 4.69) is 15.0 Å². The number of halogens is 3. The van der Waals surface area contributed by atoms with Crippen molar-refractivity contribution in [1.82, 2.24) is 15.2 Å². The van der Waals surface area contributed by atoms with Gasteiger partial charge >= 0.3 is 6.18 Å². The maximum atomic E-state index is 13.0. The van der Waals surface area contributed by atoms with Gasteiger partial charge in [-0.05, 0) is 12.1 Å². The van der Waals surface area contributed by atoms with Gasteiger partial charge in [-0.25, -0.2) is 4.98 Å². The molecule has 150 valence electrons. The van der Waals surface area contributed by atoms with Crippen LogP contribution >= 0.6 is 0 Å². The number of para-hydroxylation sites is 1. The zero-order valence-electron chi connectivity index (χ0n) is 15.2. The molecule has 2 heterocycles. The van der Waals surface area contributed by atoms with Crippen LogP contribution in [0.15, 0.2) is 42.6 Å². The van der Waals surface area contributed by atoms with Gasteiger partial charge in [0.15, 0.2) is 6.61 Å². The fraction of sp³-hybridized carbons (Fsp3) is 0.368.